The predicted octanol–water partition coefficient (Wildman–Crippen LogP) is 4.86. The number of nitrogens with zero attached hydrogens (tertiary/aromatic N) is 4. The van der Waals surface area contributed by atoms with E-state index in [0.29, 0.717) is 6.61 Å². The molecule has 3 N–H and O–H groups in total. The van der Waals surface area contributed by atoms with Crippen molar-refractivity contribution in [1.29, 1.82) is 5.26 Å². The summed E-state index contributed by atoms with van der Waals surface area (Å²) in [6.45, 7) is 0.822. The highest BCUT2D eigenvalue weighted by molar-refractivity contribution is 7.23. The van der Waals surface area contributed by atoms with Gasteiger partial charge in [-0.15, -0.1) is 11.3 Å². The number of aliphatic hydroxyl groups excluding tert-OH is 1. The van der Waals surface area contributed by atoms with E-state index in [0.717, 1.165) is 30.7 Å². The Morgan fingerprint density at radius 1 is 1.40 bits per heavy atom. The third kappa shape index (κ3) is 3.85. The average molecular weight is 516 g/mol. The number of hydrogen-bond acceptors (Lipinski definition) is 8. The van der Waals surface area contributed by atoms with Crippen LogP contribution < -0.4 is 10.5 Å². The van der Waals surface area contributed by atoms with E-state index in [-0.39, 0.29) is 65.3 Å². The molecule has 7 nitrogen and oxygen atoms in total. The molecule has 0 aliphatic carbocycles. The predicted molar refractivity (Wildman–Crippen MR) is 131 cm³/mol. The minimum Gasteiger partial charge on any atom is -0.462 e. The molecule has 2 aromatic heterocycles. The third-order valence-electron chi connectivity index (χ3n) is 6.44. The van der Waals surface area contributed by atoms with Crippen LogP contribution in [0.3, 0.4) is 0 Å². The van der Waals surface area contributed by atoms with Gasteiger partial charge in [-0.2, -0.15) is 10.2 Å². The van der Waals surface area contributed by atoms with Gasteiger partial charge in [0.05, 0.1) is 21.9 Å². The third-order valence-corrected chi connectivity index (χ3v) is 7.88. The molecule has 0 bridgehead atoms. The fraction of sp³-hybridized carbons (Fsp3) is 0.292. The highest BCUT2D eigenvalue weighted by Gasteiger charge is 2.27. The van der Waals surface area contributed by atoms with E-state index < -0.39 is 18.2 Å². The van der Waals surface area contributed by atoms with Crippen LogP contribution in [-0.2, 0) is 6.61 Å². The van der Waals surface area contributed by atoms with Crippen LogP contribution in [-0.4, -0.2) is 46.2 Å². The molecule has 1 atom stereocenters. The zero-order valence-corrected chi connectivity index (χ0v) is 20.2. The van der Waals surface area contributed by atoms with E-state index in [2.05, 4.69) is 14.9 Å². The highest BCUT2D eigenvalue weighted by atomic mass is 35.5. The van der Waals surface area contributed by atoms with Gasteiger partial charge in [-0.05, 0) is 38.1 Å². The van der Waals surface area contributed by atoms with Crippen molar-refractivity contribution in [2.75, 3.05) is 25.9 Å². The molecule has 1 saturated heterocycles. The Morgan fingerprint density at radius 2 is 2.20 bits per heavy atom. The molecule has 0 radical (unpaired) electrons. The molecule has 1 aliphatic rings. The average Bonchev–Trinajstić information content (AvgIpc) is 3.42. The number of nitrogen functional groups attached to an aromatic ring is 1. The lowest BCUT2D eigenvalue weighted by molar-refractivity contribution is 0.188. The van der Waals surface area contributed by atoms with Gasteiger partial charge in [0.15, 0.2) is 5.82 Å². The lowest BCUT2D eigenvalue weighted by atomic mass is 9.95. The van der Waals surface area contributed by atoms with Gasteiger partial charge in [0.25, 0.3) is 0 Å². The molecule has 3 heterocycles. The summed E-state index contributed by atoms with van der Waals surface area (Å²) in [7, 11) is 2.01. The Bertz CT molecular complexity index is 1520. The van der Waals surface area contributed by atoms with Crippen molar-refractivity contribution in [3.8, 4) is 23.2 Å². The van der Waals surface area contributed by atoms with Crippen LogP contribution in [0.4, 0.5) is 13.8 Å². The number of fused-ring (bicyclic) bond motifs is 2. The Kier molecular flexibility index (Phi) is 6.19. The summed E-state index contributed by atoms with van der Waals surface area (Å²) < 4.78 is 36.5. The van der Waals surface area contributed by atoms with E-state index in [1.807, 2.05) is 13.1 Å². The number of aliphatic hydroxyl groups is 1. The normalized spacial score (nSPS) is 16.3. The number of hydrogen-bond donors (Lipinski definition) is 2. The van der Waals surface area contributed by atoms with Gasteiger partial charge in [-0.3, -0.25) is 0 Å². The van der Waals surface area contributed by atoms with E-state index >= 15 is 4.39 Å². The zero-order chi connectivity index (χ0) is 24.9. The highest BCUT2D eigenvalue weighted by Crippen LogP contribution is 2.46. The van der Waals surface area contributed by atoms with Crippen LogP contribution in [0.15, 0.2) is 18.3 Å². The maximum atomic E-state index is 16.1. The molecule has 0 saturated carbocycles. The first kappa shape index (κ1) is 23.6. The SMILES string of the molecule is CN1CCC[C@H]1COc1ncc2c(CO)c(Cl)c(-c3ccc(F)c4sc(N)c(C#N)c34)c(F)c2n1. The fourth-order valence-electron chi connectivity index (χ4n) is 4.57. The maximum absolute atomic E-state index is 16.1. The minimum atomic E-state index is -0.797. The summed E-state index contributed by atoms with van der Waals surface area (Å²) in [6.07, 6.45) is 3.42. The molecule has 1 fully saturated rings. The number of thiophene rings is 1. The number of likely N-dealkylation sites (tertiary alicyclic amines) is 1. The van der Waals surface area contributed by atoms with Crippen molar-refractivity contribution in [3.05, 3.63) is 46.1 Å². The second-order valence-electron chi connectivity index (χ2n) is 8.39. The van der Waals surface area contributed by atoms with E-state index in [4.69, 9.17) is 22.1 Å². The summed E-state index contributed by atoms with van der Waals surface area (Å²) in [5, 5.41) is 20.1. The van der Waals surface area contributed by atoms with Crippen molar-refractivity contribution < 1.29 is 18.6 Å². The first-order chi connectivity index (χ1) is 16.8. The van der Waals surface area contributed by atoms with Crippen molar-refractivity contribution >= 4 is 48.9 Å². The summed E-state index contributed by atoms with van der Waals surface area (Å²) in [6, 6.07) is 4.69. The van der Waals surface area contributed by atoms with Gasteiger partial charge in [0.1, 0.15) is 29.0 Å². The lowest BCUT2D eigenvalue weighted by Gasteiger charge is -2.19. The van der Waals surface area contributed by atoms with E-state index in [1.165, 1.54) is 18.3 Å². The molecular weight excluding hydrogens is 496 g/mol. The Hall–Kier alpha value is -3.10. The van der Waals surface area contributed by atoms with Crippen LogP contribution in [0.25, 0.3) is 32.1 Å². The van der Waals surface area contributed by atoms with Gasteiger partial charge in [0, 0.05) is 34.1 Å². The number of nitriles is 1. The molecule has 4 aromatic rings. The molecule has 2 aromatic carbocycles. The molecule has 0 unspecified atom stereocenters. The van der Waals surface area contributed by atoms with E-state index in [1.54, 1.807) is 0 Å². The molecule has 11 heteroatoms. The molecular formula is C24H20ClF2N5O2S. The Balaban J connectivity index is 1.71. The number of aromatic nitrogens is 2. The van der Waals surface area contributed by atoms with Gasteiger partial charge in [-0.25, -0.2) is 13.8 Å². The fourth-order valence-corrected chi connectivity index (χ4v) is 5.86. The summed E-state index contributed by atoms with van der Waals surface area (Å²) in [5.74, 6) is -1.38. The number of halogens is 3. The number of nitrogens with two attached hydrogens (primary N) is 1. The van der Waals surface area contributed by atoms with Crippen LogP contribution in [0.5, 0.6) is 6.01 Å². The first-order valence-electron chi connectivity index (χ1n) is 10.9. The maximum Gasteiger partial charge on any atom is 0.317 e. The zero-order valence-electron chi connectivity index (χ0n) is 18.6. The topological polar surface area (TPSA) is 108 Å². The van der Waals surface area contributed by atoms with Crippen LogP contribution in [0, 0.1) is 23.0 Å². The van der Waals surface area contributed by atoms with Gasteiger partial charge >= 0.3 is 6.01 Å². The van der Waals surface area contributed by atoms with E-state index in [9.17, 15) is 14.8 Å². The van der Waals surface area contributed by atoms with Crippen molar-refractivity contribution in [2.45, 2.75) is 25.5 Å². The van der Waals surface area contributed by atoms with Gasteiger partial charge in [0.2, 0.25) is 0 Å². The number of ether oxygens (including phenoxy) is 1. The molecule has 180 valence electrons. The number of likely N-dealkylation sites (N-methyl/N-ethyl adjacent to an activating group) is 1. The second-order valence-corrected chi connectivity index (χ2v) is 9.82. The van der Waals surface area contributed by atoms with Crippen LogP contribution >= 0.6 is 22.9 Å². The number of benzene rings is 2. The Morgan fingerprint density at radius 3 is 2.89 bits per heavy atom. The quantitative estimate of drug-likeness (QED) is 0.390. The Labute approximate surface area is 208 Å². The van der Waals surface area contributed by atoms with Crippen molar-refractivity contribution in [3.63, 3.8) is 0 Å². The number of rotatable bonds is 5. The van der Waals surface area contributed by atoms with Crippen LogP contribution in [0.2, 0.25) is 5.02 Å². The molecule has 1 aliphatic heterocycles. The van der Waals surface area contributed by atoms with Crippen molar-refractivity contribution in [2.24, 2.45) is 0 Å². The van der Waals surface area contributed by atoms with Gasteiger partial charge in [-0.1, -0.05) is 17.7 Å². The standard InChI is InChI=1S/C24H20ClF2N5O2S/c1-32-6-2-3-11(32)10-34-24-30-8-14-15(9-33)19(25)18(20(27)21(14)31-24)12-4-5-16(26)22-17(12)13(7-28)23(29)35-22/h4-5,8,11,33H,2-3,6,9-10,29H2,1H3/t11-/m0/s1. The summed E-state index contributed by atoms with van der Waals surface area (Å²) in [5.41, 5.74) is 6.15. The van der Waals surface area contributed by atoms with Crippen molar-refractivity contribution in [1.82, 2.24) is 14.9 Å². The lowest BCUT2D eigenvalue weighted by Crippen LogP contribution is -2.30. The van der Waals surface area contributed by atoms with Crippen LogP contribution in [0.1, 0.15) is 24.0 Å². The molecule has 35 heavy (non-hydrogen) atoms. The van der Waals surface area contributed by atoms with Gasteiger partial charge < -0.3 is 20.5 Å². The largest absolute Gasteiger partial charge is 0.462 e. The second kappa shape index (κ2) is 9.17. The molecule has 0 spiro atoms. The minimum absolute atomic E-state index is 0.00407. The summed E-state index contributed by atoms with van der Waals surface area (Å²) in [4.78, 5) is 10.6. The molecule has 5 rings (SSSR count). The first-order valence-corrected chi connectivity index (χ1v) is 12.1. The monoisotopic (exact) mass is 515 g/mol. The smallest absolute Gasteiger partial charge is 0.317 e. The molecule has 0 amide bonds. The number of anilines is 1. The summed E-state index contributed by atoms with van der Waals surface area (Å²) >= 11 is 7.48.